The zero-order chi connectivity index (χ0) is 10.7. The maximum atomic E-state index is 5.64. The molecule has 1 aliphatic heterocycles. The number of nitrogens with one attached hydrogen (secondary N) is 1. The van der Waals surface area contributed by atoms with Crippen molar-refractivity contribution in [2.75, 3.05) is 26.2 Å². The van der Waals surface area contributed by atoms with Gasteiger partial charge < -0.3 is 9.73 Å². The van der Waals surface area contributed by atoms with Crippen LogP contribution in [0.2, 0.25) is 0 Å². The van der Waals surface area contributed by atoms with Gasteiger partial charge in [0.25, 0.3) is 0 Å². The van der Waals surface area contributed by atoms with E-state index in [1.807, 2.05) is 6.07 Å². The van der Waals surface area contributed by atoms with Gasteiger partial charge in [-0.3, -0.25) is 4.90 Å². The Morgan fingerprint density at radius 3 is 2.73 bits per heavy atom. The van der Waals surface area contributed by atoms with Crippen LogP contribution in [0.25, 0.3) is 0 Å². The second-order valence-corrected chi connectivity index (χ2v) is 4.63. The Labute approximate surface area is 99.0 Å². The van der Waals surface area contributed by atoms with E-state index in [-0.39, 0.29) is 0 Å². The molecule has 15 heavy (non-hydrogen) atoms. The third-order valence-corrected chi connectivity index (χ3v) is 3.33. The summed E-state index contributed by atoms with van der Waals surface area (Å²) >= 11 is 3.36. The van der Waals surface area contributed by atoms with Gasteiger partial charge in [-0.25, -0.2) is 0 Å². The molecular formula is C11H17BrN2O. The molecule has 3 nitrogen and oxygen atoms in total. The number of nitrogens with zero attached hydrogens (tertiary/aromatic N) is 1. The normalized spacial score (nSPS) is 20.4. The van der Waals surface area contributed by atoms with Gasteiger partial charge in [-0.2, -0.15) is 0 Å². The molecule has 0 radical (unpaired) electrons. The minimum atomic E-state index is 0.429. The summed E-state index contributed by atoms with van der Waals surface area (Å²) in [6, 6.07) is 4.47. The summed E-state index contributed by atoms with van der Waals surface area (Å²) in [5.41, 5.74) is 0. The quantitative estimate of drug-likeness (QED) is 0.916. The minimum absolute atomic E-state index is 0.429. The van der Waals surface area contributed by atoms with Crippen molar-refractivity contribution < 1.29 is 4.42 Å². The lowest BCUT2D eigenvalue weighted by Gasteiger charge is -2.33. The number of halogens is 1. The number of hydrogen-bond donors (Lipinski definition) is 1. The molecular weight excluding hydrogens is 256 g/mol. The van der Waals surface area contributed by atoms with Gasteiger partial charge in [0.2, 0.25) is 0 Å². The first-order chi connectivity index (χ1) is 7.31. The van der Waals surface area contributed by atoms with Gasteiger partial charge in [0.1, 0.15) is 5.76 Å². The van der Waals surface area contributed by atoms with Crippen LogP contribution in [0.4, 0.5) is 0 Å². The number of hydrogen-bond acceptors (Lipinski definition) is 3. The molecule has 4 heteroatoms. The summed E-state index contributed by atoms with van der Waals surface area (Å²) < 4.78 is 6.47. The Bertz CT molecular complexity index is 307. The highest BCUT2D eigenvalue weighted by Crippen LogP contribution is 2.27. The van der Waals surface area contributed by atoms with Gasteiger partial charge in [0.05, 0.1) is 6.04 Å². The van der Waals surface area contributed by atoms with Crippen molar-refractivity contribution in [3.8, 4) is 0 Å². The van der Waals surface area contributed by atoms with E-state index >= 15 is 0 Å². The van der Waals surface area contributed by atoms with Crippen molar-refractivity contribution in [1.29, 1.82) is 0 Å². The molecule has 1 aromatic rings. The predicted octanol–water partition coefficient (Wildman–Crippen LogP) is 2.40. The molecule has 0 amide bonds. The van der Waals surface area contributed by atoms with Gasteiger partial charge >= 0.3 is 0 Å². The van der Waals surface area contributed by atoms with Gasteiger partial charge in [0, 0.05) is 26.2 Å². The fourth-order valence-corrected chi connectivity index (χ4v) is 2.46. The largest absolute Gasteiger partial charge is 0.453 e. The molecule has 0 unspecified atom stereocenters. The molecule has 0 saturated carbocycles. The predicted molar refractivity (Wildman–Crippen MR) is 63.9 cm³/mol. The molecule has 0 aromatic carbocycles. The first-order valence-electron chi connectivity index (χ1n) is 5.51. The lowest BCUT2D eigenvalue weighted by Crippen LogP contribution is -2.44. The summed E-state index contributed by atoms with van der Waals surface area (Å²) in [5, 5.41) is 3.37. The van der Waals surface area contributed by atoms with Crippen LogP contribution in [-0.2, 0) is 0 Å². The monoisotopic (exact) mass is 272 g/mol. The Hall–Kier alpha value is -0.320. The highest BCUT2D eigenvalue weighted by Gasteiger charge is 2.22. The first kappa shape index (κ1) is 11.2. The molecule has 0 spiro atoms. The second-order valence-electron chi connectivity index (χ2n) is 3.85. The van der Waals surface area contributed by atoms with Crippen LogP contribution < -0.4 is 5.32 Å². The fourth-order valence-electron chi connectivity index (χ4n) is 2.14. The molecule has 1 fully saturated rings. The molecule has 0 bridgehead atoms. The Balaban J connectivity index is 2.08. The molecule has 0 aliphatic carbocycles. The maximum Gasteiger partial charge on any atom is 0.169 e. The van der Waals surface area contributed by atoms with Crippen molar-refractivity contribution in [3.05, 3.63) is 22.6 Å². The van der Waals surface area contributed by atoms with Crippen LogP contribution in [0.15, 0.2) is 21.2 Å². The second kappa shape index (κ2) is 5.14. The van der Waals surface area contributed by atoms with Gasteiger partial charge in [0.15, 0.2) is 4.67 Å². The summed E-state index contributed by atoms with van der Waals surface area (Å²) in [4.78, 5) is 2.49. The Morgan fingerprint density at radius 1 is 1.47 bits per heavy atom. The van der Waals surface area contributed by atoms with Gasteiger partial charge in [-0.15, -0.1) is 0 Å². The van der Waals surface area contributed by atoms with E-state index in [1.165, 1.54) is 0 Å². The first-order valence-corrected chi connectivity index (χ1v) is 6.30. The number of furan rings is 1. The summed E-state index contributed by atoms with van der Waals surface area (Å²) in [6.45, 7) is 6.59. The molecule has 1 N–H and O–H groups in total. The lowest BCUT2D eigenvalue weighted by molar-refractivity contribution is 0.149. The van der Waals surface area contributed by atoms with Crippen molar-refractivity contribution in [2.24, 2.45) is 0 Å². The molecule has 2 rings (SSSR count). The number of rotatable bonds is 3. The molecule has 2 heterocycles. The van der Waals surface area contributed by atoms with Crippen molar-refractivity contribution >= 4 is 15.9 Å². The van der Waals surface area contributed by atoms with Crippen molar-refractivity contribution in [3.63, 3.8) is 0 Å². The van der Waals surface area contributed by atoms with Crippen molar-refractivity contribution in [2.45, 2.75) is 19.4 Å². The van der Waals surface area contributed by atoms with Gasteiger partial charge in [-0.1, -0.05) is 6.92 Å². The highest BCUT2D eigenvalue weighted by molar-refractivity contribution is 9.10. The summed E-state index contributed by atoms with van der Waals surface area (Å²) in [7, 11) is 0. The topological polar surface area (TPSA) is 28.4 Å². The van der Waals surface area contributed by atoms with Crippen molar-refractivity contribution in [1.82, 2.24) is 10.2 Å². The van der Waals surface area contributed by atoms with E-state index in [0.717, 1.165) is 43.0 Å². The SMILES string of the molecule is CC[C@@H](c1ccc(Br)o1)N1CCNCC1. The third kappa shape index (κ3) is 2.62. The molecule has 1 atom stereocenters. The van der Waals surface area contributed by atoms with E-state index in [4.69, 9.17) is 4.42 Å². The van der Waals surface area contributed by atoms with E-state index in [9.17, 15) is 0 Å². The fraction of sp³-hybridized carbons (Fsp3) is 0.636. The average molecular weight is 273 g/mol. The van der Waals surface area contributed by atoms with Crippen LogP contribution in [-0.4, -0.2) is 31.1 Å². The van der Waals surface area contributed by atoms with Gasteiger partial charge in [-0.05, 0) is 34.5 Å². The van der Waals surface area contributed by atoms with Crippen LogP contribution in [0, 0.1) is 0 Å². The molecule has 84 valence electrons. The number of piperazine rings is 1. The standard InChI is InChI=1S/C11H17BrN2O/c1-2-9(10-3-4-11(12)15-10)14-7-5-13-6-8-14/h3-4,9,13H,2,5-8H2,1H3/t9-/m0/s1. The van der Waals surface area contributed by atoms with E-state index in [2.05, 4.69) is 39.1 Å². The maximum absolute atomic E-state index is 5.64. The van der Waals surface area contributed by atoms with Crippen LogP contribution >= 0.6 is 15.9 Å². The van der Waals surface area contributed by atoms with E-state index < -0.39 is 0 Å². The average Bonchev–Trinajstić information content (AvgIpc) is 2.68. The van der Waals surface area contributed by atoms with Crippen LogP contribution in [0.5, 0.6) is 0 Å². The lowest BCUT2D eigenvalue weighted by atomic mass is 10.1. The van der Waals surface area contributed by atoms with E-state index in [0.29, 0.717) is 6.04 Å². The smallest absolute Gasteiger partial charge is 0.169 e. The Kier molecular flexibility index (Phi) is 3.83. The van der Waals surface area contributed by atoms with Crippen LogP contribution in [0.1, 0.15) is 25.1 Å². The Morgan fingerprint density at radius 2 is 2.20 bits per heavy atom. The molecule has 1 aromatic heterocycles. The van der Waals surface area contributed by atoms with E-state index in [1.54, 1.807) is 0 Å². The molecule has 1 saturated heterocycles. The third-order valence-electron chi connectivity index (χ3n) is 2.90. The summed E-state index contributed by atoms with van der Waals surface area (Å²) in [5.74, 6) is 1.08. The van der Waals surface area contributed by atoms with Crippen LogP contribution in [0.3, 0.4) is 0 Å². The minimum Gasteiger partial charge on any atom is -0.453 e. The zero-order valence-electron chi connectivity index (χ0n) is 9.00. The highest BCUT2D eigenvalue weighted by atomic mass is 79.9. The zero-order valence-corrected chi connectivity index (χ0v) is 10.6. The summed E-state index contributed by atoms with van der Waals surface area (Å²) in [6.07, 6.45) is 1.10. The molecule has 1 aliphatic rings.